The van der Waals surface area contributed by atoms with Gasteiger partial charge in [-0.25, -0.2) is 4.98 Å². The molecule has 10 heteroatoms. The molecule has 0 saturated heterocycles. The fourth-order valence-electron chi connectivity index (χ4n) is 3.42. The van der Waals surface area contributed by atoms with Crippen molar-refractivity contribution in [2.24, 2.45) is 0 Å². The summed E-state index contributed by atoms with van der Waals surface area (Å²) in [4.78, 5) is 32.4. The Morgan fingerprint density at radius 2 is 1.85 bits per heavy atom. The van der Waals surface area contributed by atoms with E-state index in [1.807, 2.05) is 18.2 Å². The number of nitrogens with zero attached hydrogens (tertiary/aromatic N) is 1. The molecule has 0 saturated carbocycles. The molecule has 0 fully saturated rings. The van der Waals surface area contributed by atoms with Gasteiger partial charge in [0.25, 0.3) is 11.8 Å². The molecule has 2 aromatic heterocycles. The third kappa shape index (κ3) is 4.85. The molecule has 2 aromatic carbocycles. The molecule has 0 atom stereocenters. The smallest absolute Gasteiger partial charge is 0.416 e. The first kappa shape index (κ1) is 22.8. The third-order valence-electron chi connectivity index (χ3n) is 5.12. The molecule has 0 radical (unpaired) electrons. The fraction of sp³-hybridized carbons (Fsp3) is 0.125. The number of pyridine rings is 1. The monoisotopic (exact) mass is 468 g/mol. The van der Waals surface area contributed by atoms with Gasteiger partial charge in [0.05, 0.1) is 30.1 Å². The van der Waals surface area contributed by atoms with Gasteiger partial charge in [-0.15, -0.1) is 0 Å². The Hall–Kier alpha value is -4.34. The Morgan fingerprint density at radius 1 is 1.06 bits per heavy atom. The van der Waals surface area contributed by atoms with Crippen molar-refractivity contribution in [3.63, 3.8) is 0 Å². The second-order valence-corrected chi connectivity index (χ2v) is 7.35. The minimum atomic E-state index is -4.56. The molecule has 3 N–H and O–H groups in total. The maximum Gasteiger partial charge on any atom is 0.416 e. The summed E-state index contributed by atoms with van der Waals surface area (Å²) in [7, 11) is 1.54. The second-order valence-electron chi connectivity index (χ2n) is 7.35. The van der Waals surface area contributed by atoms with Crippen LogP contribution in [0.25, 0.3) is 11.0 Å². The van der Waals surface area contributed by atoms with Crippen molar-refractivity contribution in [1.29, 1.82) is 0 Å². The van der Waals surface area contributed by atoms with Gasteiger partial charge in [0.1, 0.15) is 11.4 Å². The van der Waals surface area contributed by atoms with Crippen LogP contribution >= 0.6 is 0 Å². The summed E-state index contributed by atoms with van der Waals surface area (Å²) in [5.74, 6) is -0.465. The number of hydrogen-bond donors (Lipinski definition) is 3. The van der Waals surface area contributed by atoms with Crippen LogP contribution in [0.3, 0.4) is 0 Å². The van der Waals surface area contributed by atoms with Gasteiger partial charge in [0, 0.05) is 29.3 Å². The van der Waals surface area contributed by atoms with Crippen LogP contribution in [0.1, 0.15) is 31.8 Å². The summed E-state index contributed by atoms with van der Waals surface area (Å²) in [6.07, 6.45) is -1.72. The van der Waals surface area contributed by atoms with Crippen LogP contribution in [0.4, 0.5) is 18.9 Å². The Kier molecular flexibility index (Phi) is 6.22. The number of rotatable bonds is 6. The van der Waals surface area contributed by atoms with Gasteiger partial charge in [0.2, 0.25) is 0 Å². The highest BCUT2D eigenvalue weighted by atomic mass is 19.4. The molecule has 7 nitrogen and oxygen atoms in total. The number of benzene rings is 2. The van der Waals surface area contributed by atoms with E-state index in [0.29, 0.717) is 22.3 Å². The fourth-order valence-corrected chi connectivity index (χ4v) is 3.42. The highest BCUT2D eigenvalue weighted by Crippen LogP contribution is 2.30. The first-order chi connectivity index (χ1) is 16.3. The number of hydrogen-bond acceptors (Lipinski definition) is 4. The quantitative estimate of drug-likeness (QED) is 0.380. The summed E-state index contributed by atoms with van der Waals surface area (Å²) < 4.78 is 44.1. The summed E-state index contributed by atoms with van der Waals surface area (Å²) in [6.45, 7) is 0.231. The molecule has 0 unspecified atom stereocenters. The summed E-state index contributed by atoms with van der Waals surface area (Å²) in [6, 6.07) is 12.9. The molecule has 34 heavy (non-hydrogen) atoms. The molecule has 4 aromatic rings. The van der Waals surface area contributed by atoms with Crippen LogP contribution in [-0.4, -0.2) is 28.9 Å². The largest absolute Gasteiger partial charge is 0.496 e. The predicted molar refractivity (Wildman–Crippen MR) is 120 cm³/mol. The van der Waals surface area contributed by atoms with E-state index >= 15 is 0 Å². The standard InChI is InChI=1S/C24H19F3N4O3/c1-34-20-8-3-2-5-15(20)11-30-23(33)19-13-29-21-18(19)10-17(12-28-21)31-22(32)14-6-4-7-16(9-14)24(25,26)27/h2-10,12-13H,11H2,1H3,(H,28,29)(H,30,33)(H,31,32). The van der Waals surface area contributed by atoms with Crippen molar-refractivity contribution in [2.45, 2.75) is 12.7 Å². The number of methoxy groups -OCH3 is 1. The van der Waals surface area contributed by atoms with Crippen LogP contribution in [-0.2, 0) is 12.7 Å². The van der Waals surface area contributed by atoms with Gasteiger partial charge in [-0.1, -0.05) is 24.3 Å². The lowest BCUT2D eigenvalue weighted by atomic mass is 10.1. The number of ether oxygens (including phenoxy) is 1. The first-order valence-corrected chi connectivity index (χ1v) is 10.1. The highest BCUT2D eigenvalue weighted by molar-refractivity contribution is 6.08. The maximum absolute atomic E-state index is 12.9. The molecule has 2 amide bonds. The Labute approximate surface area is 192 Å². The zero-order valence-electron chi connectivity index (χ0n) is 17.9. The zero-order chi connectivity index (χ0) is 24.3. The van der Waals surface area contributed by atoms with E-state index in [1.54, 1.807) is 13.2 Å². The number of aromatic nitrogens is 2. The van der Waals surface area contributed by atoms with Crippen molar-refractivity contribution in [3.05, 3.63) is 89.2 Å². The summed E-state index contributed by atoms with van der Waals surface area (Å²) in [5, 5.41) is 5.78. The molecule has 174 valence electrons. The van der Waals surface area contributed by atoms with Crippen molar-refractivity contribution in [3.8, 4) is 5.75 Å². The Balaban J connectivity index is 1.52. The van der Waals surface area contributed by atoms with E-state index in [2.05, 4.69) is 20.6 Å². The number of alkyl halides is 3. The summed E-state index contributed by atoms with van der Waals surface area (Å²) in [5.41, 5.74) is 0.665. The molecular weight excluding hydrogens is 449 g/mol. The van der Waals surface area contributed by atoms with E-state index in [4.69, 9.17) is 4.74 Å². The molecule has 0 aliphatic carbocycles. The van der Waals surface area contributed by atoms with E-state index in [1.165, 1.54) is 24.5 Å². The van der Waals surface area contributed by atoms with Gasteiger partial charge < -0.3 is 20.4 Å². The number of H-pyrrole nitrogens is 1. The number of aromatic amines is 1. The van der Waals surface area contributed by atoms with Crippen molar-refractivity contribution >= 4 is 28.5 Å². The van der Waals surface area contributed by atoms with E-state index < -0.39 is 17.6 Å². The number of para-hydroxylation sites is 1. The minimum absolute atomic E-state index is 0.154. The number of anilines is 1. The number of carbonyl (C=O) groups is 2. The number of carbonyl (C=O) groups excluding carboxylic acids is 2. The molecular formula is C24H19F3N4O3. The lowest BCUT2D eigenvalue weighted by Crippen LogP contribution is -2.22. The predicted octanol–water partition coefficient (Wildman–Crippen LogP) is 4.77. The average Bonchev–Trinajstić information content (AvgIpc) is 3.25. The molecule has 4 rings (SSSR count). The topological polar surface area (TPSA) is 96.1 Å². The third-order valence-corrected chi connectivity index (χ3v) is 5.12. The molecule has 0 spiro atoms. The van der Waals surface area contributed by atoms with Crippen LogP contribution in [0.5, 0.6) is 5.75 Å². The van der Waals surface area contributed by atoms with Gasteiger partial charge in [-0.05, 0) is 30.3 Å². The molecule has 2 heterocycles. The molecule has 0 aliphatic heterocycles. The van der Waals surface area contributed by atoms with Gasteiger partial charge in [-0.2, -0.15) is 13.2 Å². The number of fused-ring (bicyclic) bond motifs is 1. The van der Waals surface area contributed by atoms with Crippen LogP contribution < -0.4 is 15.4 Å². The summed E-state index contributed by atoms with van der Waals surface area (Å²) >= 11 is 0. The van der Waals surface area contributed by atoms with Crippen molar-refractivity contribution in [2.75, 3.05) is 12.4 Å². The second kappa shape index (κ2) is 9.26. The average molecular weight is 468 g/mol. The molecule has 0 bridgehead atoms. The number of amides is 2. The van der Waals surface area contributed by atoms with E-state index in [-0.39, 0.29) is 23.7 Å². The Bertz CT molecular complexity index is 1370. The normalized spacial score (nSPS) is 11.3. The van der Waals surface area contributed by atoms with Crippen molar-refractivity contribution in [1.82, 2.24) is 15.3 Å². The van der Waals surface area contributed by atoms with Gasteiger partial charge >= 0.3 is 6.18 Å². The number of halogens is 3. The van der Waals surface area contributed by atoms with Gasteiger partial charge in [0.15, 0.2) is 0 Å². The lowest BCUT2D eigenvalue weighted by molar-refractivity contribution is -0.137. The van der Waals surface area contributed by atoms with E-state index in [9.17, 15) is 22.8 Å². The van der Waals surface area contributed by atoms with E-state index in [0.717, 1.165) is 23.8 Å². The highest BCUT2D eigenvalue weighted by Gasteiger charge is 2.31. The first-order valence-electron chi connectivity index (χ1n) is 10.1. The lowest BCUT2D eigenvalue weighted by Gasteiger charge is -2.10. The maximum atomic E-state index is 12.9. The SMILES string of the molecule is COc1ccccc1CNC(=O)c1c[nH]c2ncc(NC(=O)c3cccc(C(F)(F)F)c3)cc12. The Morgan fingerprint density at radius 3 is 2.62 bits per heavy atom. The van der Waals surface area contributed by atoms with Crippen molar-refractivity contribution < 1.29 is 27.5 Å². The molecule has 0 aliphatic rings. The van der Waals surface area contributed by atoms with Crippen LogP contribution in [0.2, 0.25) is 0 Å². The van der Waals surface area contributed by atoms with Gasteiger partial charge in [-0.3, -0.25) is 9.59 Å². The minimum Gasteiger partial charge on any atom is -0.496 e. The van der Waals surface area contributed by atoms with Crippen LogP contribution in [0, 0.1) is 0 Å². The zero-order valence-corrected chi connectivity index (χ0v) is 17.9. The number of nitrogens with one attached hydrogen (secondary N) is 3. The van der Waals surface area contributed by atoms with Crippen LogP contribution in [0.15, 0.2) is 67.0 Å².